The Morgan fingerprint density at radius 3 is 2.86 bits per heavy atom. The first-order valence-corrected chi connectivity index (χ1v) is 9.05. The van der Waals surface area contributed by atoms with Crippen LogP contribution in [0.2, 0.25) is 0 Å². The van der Waals surface area contributed by atoms with Gasteiger partial charge in [0.2, 0.25) is 10.0 Å². The number of piperidine rings is 1. The Hall–Kier alpha value is -1.40. The molecule has 0 unspecified atom stereocenters. The van der Waals surface area contributed by atoms with Crippen LogP contribution in [0.3, 0.4) is 0 Å². The first-order chi connectivity index (χ1) is 9.85. The van der Waals surface area contributed by atoms with E-state index in [4.69, 9.17) is 0 Å². The van der Waals surface area contributed by atoms with Crippen LogP contribution in [0.15, 0.2) is 24.3 Å². The Morgan fingerprint density at radius 2 is 2.19 bits per heavy atom. The van der Waals surface area contributed by atoms with Crippen molar-refractivity contribution in [2.75, 3.05) is 25.9 Å². The standard InChI is InChI=1S/C15H22N2O3S/c1-12-5-3-7-14(9-12)15(18)17-8-4-6-13(11-17)10-16-21(2,19)20/h3,5,7,9,13,16H,4,6,8,10-11H2,1-2H3/t13-/m0/s1. The Balaban J connectivity index is 1.99. The molecule has 0 aromatic heterocycles. The third-order valence-electron chi connectivity index (χ3n) is 3.71. The van der Waals surface area contributed by atoms with Crippen LogP contribution >= 0.6 is 0 Å². The van der Waals surface area contributed by atoms with Gasteiger partial charge < -0.3 is 4.90 Å². The number of rotatable bonds is 4. The van der Waals surface area contributed by atoms with E-state index >= 15 is 0 Å². The number of likely N-dealkylation sites (tertiary alicyclic amines) is 1. The predicted molar refractivity (Wildman–Crippen MR) is 82.7 cm³/mol. The molecule has 1 saturated heterocycles. The molecule has 0 aliphatic carbocycles. The minimum absolute atomic E-state index is 0.0303. The van der Waals surface area contributed by atoms with Crippen LogP contribution in [0.25, 0.3) is 0 Å². The zero-order chi connectivity index (χ0) is 15.5. The summed E-state index contributed by atoms with van der Waals surface area (Å²) in [5.41, 5.74) is 1.76. The van der Waals surface area contributed by atoms with Crippen LogP contribution in [0.4, 0.5) is 0 Å². The number of nitrogens with zero attached hydrogens (tertiary/aromatic N) is 1. The van der Waals surface area contributed by atoms with Crippen molar-refractivity contribution in [3.63, 3.8) is 0 Å². The molecule has 2 rings (SSSR count). The van der Waals surface area contributed by atoms with Crippen LogP contribution < -0.4 is 4.72 Å². The number of amides is 1. The van der Waals surface area contributed by atoms with Crippen molar-refractivity contribution in [2.45, 2.75) is 19.8 Å². The lowest BCUT2D eigenvalue weighted by molar-refractivity contribution is 0.0676. The smallest absolute Gasteiger partial charge is 0.253 e. The Kier molecular flexibility index (Phi) is 5.00. The van der Waals surface area contributed by atoms with Crippen LogP contribution in [0.1, 0.15) is 28.8 Å². The van der Waals surface area contributed by atoms with Gasteiger partial charge in [0, 0.05) is 25.2 Å². The van der Waals surface area contributed by atoms with Gasteiger partial charge >= 0.3 is 0 Å². The van der Waals surface area contributed by atoms with Crippen molar-refractivity contribution in [1.29, 1.82) is 0 Å². The summed E-state index contributed by atoms with van der Waals surface area (Å²) in [6.07, 6.45) is 3.01. The van der Waals surface area contributed by atoms with E-state index in [1.54, 1.807) is 0 Å². The fourth-order valence-electron chi connectivity index (χ4n) is 2.65. The van der Waals surface area contributed by atoms with E-state index in [0.29, 0.717) is 18.7 Å². The van der Waals surface area contributed by atoms with Gasteiger partial charge in [0.25, 0.3) is 5.91 Å². The molecule has 116 valence electrons. The Labute approximate surface area is 126 Å². The minimum atomic E-state index is -3.17. The Morgan fingerprint density at radius 1 is 1.43 bits per heavy atom. The van der Waals surface area contributed by atoms with E-state index in [1.807, 2.05) is 36.1 Å². The number of sulfonamides is 1. The molecular weight excluding hydrogens is 288 g/mol. The maximum atomic E-state index is 12.5. The second-order valence-corrected chi connectivity index (χ2v) is 7.58. The summed E-state index contributed by atoms with van der Waals surface area (Å²) in [7, 11) is -3.17. The van der Waals surface area contributed by atoms with Crippen molar-refractivity contribution >= 4 is 15.9 Å². The van der Waals surface area contributed by atoms with Gasteiger partial charge in [-0.05, 0) is 37.8 Å². The molecule has 1 heterocycles. The van der Waals surface area contributed by atoms with Crippen molar-refractivity contribution < 1.29 is 13.2 Å². The molecule has 1 N–H and O–H groups in total. The molecule has 0 saturated carbocycles. The van der Waals surface area contributed by atoms with Crippen molar-refractivity contribution in [3.05, 3.63) is 35.4 Å². The van der Waals surface area contributed by atoms with Gasteiger partial charge in [-0.1, -0.05) is 17.7 Å². The number of carbonyl (C=O) groups is 1. The van der Waals surface area contributed by atoms with Crippen LogP contribution in [-0.2, 0) is 10.0 Å². The summed E-state index contributed by atoms with van der Waals surface area (Å²) < 4.78 is 24.8. The average Bonchev–Trinajstić information content (AvgIpc) is 2.44. The number of carbonyl (C=O) groups excluding carboxylic acids is 1. The molecule has 0 spiro atoms. The molecule has 1 aromatic carbocycles. The molecule has 0 bridgehead atoms. The molecule has 1 fully saturated rings. The van der Waals surface area contributed by atoms with Gasteiger partial charge in [-0.2, -0.15) is 0 Å². The normalized spacial score (nSPS) is 19.5. The lowest BCUT2D eigenvalue weighted by Gasteiger charge is -2.33. The van der Waals surface area contributed by atoms with Crippen molar-refractivity contribution in [2.24, 2.45) is 5.92 Å². The Bertz CT molecular complexity index is 613. The number of hydrogen-bond acceptors (Lipinski definition) is 3. The van der Waals surface area contributed by atoms with E-state index in [2.05, 4.69) is 4.72 Å². The highest BCUT2D eigenvalue weighted by molar-refractivity contribution is 7.88. The highest BCUT2D eigenvalue weighted by Gasteiger charge is 2.25. The quantitative estimate of drug-likeness (QED) is 0.914. The highest BCUT2D eigenvalue weighted by atomic mass is 32.2. The molecule has 5 nitrogen and oxygen atoms in total. The third-order valence-corrected chi connectivity index (χ3v) is 4.40. The van der Waals surface area contributed by atoms with Gasteiger partial charge in [-0.3, -0.25) is 4.79 Å². The first-order valence-electron chi connectivity index (χ1n) is 7.16. The monoisotopic (exact) mass is 310 g/mol. The molecule has 1 aliphatic rings. The number of nitrogens with one attached hydrogen (secondary N) is 1. The SMILES string of the molecule is Cc1cccc(C(=O)N2CCC[C@@H](CNS(C)(=O)=O)C2)c1. The van der Waals surface area contributed by atoms with E-state index in [0.717, 1.165) is 31.2 Å². The second-order valence-electron chi connectivity index (χ2n) is 5.75. The maximum absolute atomic E-state index is 12.5. The summed E-state index contributed by atoms with van der Waals surface area (Å²) in [6, 6.07) is 7.56. The topological polar surface area (TPSA) is 66.5 Å². The van der Waals surface area contributed by atoms with Crippen LogP contribution in [0.5, 0.6) is 0 Å². The van der Waals surface area contributed by atoms with Crippen molar-refractivity contribution in [1.82, 2.24) is 9.62 Å². The summed E-state index contributed by atoms with van der Waals surface area (Å²) >= 11 is 0. The zero-order valence-electron chi connectivity index (χ0n) is 12.5. The van der Waals surface area contributed by atoms with Gasteiger partial charge in [-0.15, -0.1) is 0 Å². The number of aryl methyl sites for hydroxylation is 1. The van der Waals surface area contributed by atoms with E-state index < -0.39 is 10.0 Å². The highest BCUT2D eigenvalue weighted by Crippen LogP contribution is 2.18. The predicted octanol–water partition coefficient (Wildman–Crippen LogP) is 1.40. The molecular formula is C15H22N2O3S. The summed E-state index contributed by atoms with van der Waals surface area (Å²) in [4.78, 5) is 14.3. The van der Waals surface area contributed by atoms with Crippen LogP contribution in [-0.4, -0.2) is 45.1 Å². The largest absolute Gasteiger partial charge is 0.338 e. The molecule has 1 amide bonds. The van der Waals surface area contributed by atoms with Gasteiger partial charge in [-0.25, -0.2) is 13.1 Å². The van der Waals surface area contributed by atoms with Crippen LogP contribution in [0, 0.1) is 12.8 Å². The number of hydrogen-bond donors (Lipinski definition) is 1. The minimum Gasteiger partial charge on any atom is -0.338 e. The zero-order valence-corrected chi connectivity index (χ0v) is 13.3. The average molecular weight is 310 g/mol. The summed E-state index contributed by atoms with van der Waals surface area (Å²) in [6.45, 7) is 3.71. The van der Waals surface area contributed by atoms with Gasteiger partial charge in [0.05, 0.1) is 6.26 Å². The van der Waals surface area contributed by atoms with E-state index in [1.165, 1.54) is 0 Å². The number of benzene rings is 1. The molecule has 21 heavy (non-hydrogen) atoms. The van der Waals surface area contributed by atoms with Gasteiger partial charge in [0.1, 0.15) is 0 Å². The molecule has 1 aromatic rings. The fraction of sp³-hybridized carbons (Fsp3) is 0.533. The third kappa shape index (κ3) is 4.82. The van der Waals surface area contributed by atoms with E-state index in [-0.39, 0.29) is 11.8 Å². The molecule has 1 atom stereocenters. The summed E-state index contributed by atoms with van der Waals surface area (Å²) in [5.74, 6) is 0.213. The van der Waals surface area contributed by atoms with E-state index in [9.17, 15) is 13.2 Å². The first kappa shape index (κ1) is 16.0. The second kappa shape index (κ2) is 6.58. The van der Waals surface area contributed by atoms with Gasteiger partial charge in [0.15, 0.2) is 0 Å². The molecule has 1 aliphatic heterocycles. The maximum Gasteiger partial charge on any atom is 0.253 e. The lowest BCUT2D eigenvalue weighted by atomic mass is 9.97. The molecule has 6 heteroatoms. The molecule has 0 radical (unpaired) electrons. The van der Waals surface area contributed by atoms with Crippen molar-refractivity contribution in [3.8, 4) is 0 Å². The fourth-order valence-corrected chi connectivity index (χ4v) is 3.18. The lowest BCUT2D eigenvalue weighted by Crippen LogP contribution is -2.43. The summed E-state index contributed by atoms with van der Waals surface area (Å²) in [5, 5.41) is 0.